The minimum Gasteiger partial charge on any atom is -0.330 e. The Balaban J connectivity index is 3.00. The van der Waals surface area contributed by atoms with Gasteiger partial charge >= 0.3 is 0 Å². The maximum Gasteiger partial charge on any atom is 0.0156 e. The summed E-state index contributed by atoms with van der Waals surface area (Å²) in [6, 6.07) is 1.25. The van der Waals surface area contributed by atoms with Crippen LogP contribution in [0.2, 0.25) is 0 Å². The van der Waals surface area contributed by atoms with Crippen molar-refractivity contribution in [2.75, 3.05) is 6.54 Å². The van der Waals surface area contributed by atoms with Gasteiger partial charge in [0.2, 0.25) is 0 Å². The highest BCUT2D eigenvalue weighted by Gasteiger charge is 2.47. The summed E-state index contributed by atoms with van der Waals surface area (Å²) >= 11 is 0. The minimum atomic E-state index is 0.237. The molecule has 2 unspecified atom stereocenters. The lowest BCUT2D eigenvalue weighted by Crippen LogP contribution is -2.52. The Morgan fingerprint density at radius 2 is 1.62 bits per heavy atom. The van der Waals surface area contributed by atoms with E-state index in [1.54, 1.807) is 0 Å². The predicted molar refractivity (Wildman–Crippen MR) is 71.5 cm³/mol. The van der Waals surface area contributed by atoms with E-state index in [0.717, 1.165) is 6.54 Å². The Labute approximate surface area is 102 Å². The number of nitrogens with two attached hydrogens (primary N) is 1. The zero-order chi connectivity index (χ0) is 12.7. The predicted octanol–water partition coefficient (Wildman–Crippen LogP) is 2.87. The standard InChI is InChI=1S/C14H30N2/c1-10-11(9-15)8-12(13(2,3)4)16(10)14(5,6)7/h10-12H,8-9,15H2,1-7H3/t10-,11?,12?/m1/s1. The molecule has 0 aromatic rings. The Kier molecular flexibility index (Phi) is 3.76. The SMILES string of the molecule is C[C@@H]1C(CN)CC(C(C)(C)C)N1C(C)(C)C. The molecule has 1 saturated heterocycles. The van der Waals surface area contributed by atoms with Gasteiger partial charge in [-0.3, -0.25) is 4.90 Å². The molecule has 0 aromatic heterocycles. The topological polar surface area (TPSA) is 29.3 Å². The molecule has 0 aliphatic carbocycles. The van der Waals surface area contributed by atoms with E-state index in [4.69, 9.17) is 5.73 Å². The van der Waals surface area contributed by atoms with Crippen molar-refractivity contribution in [3.63, 3.8) is 0 Å². The first-order valence-corrected chi connectivity index (χ1v) is 6.57. The summed E-state index contributed by atoms with van der Waals surface area (Å²) in [5.74, 6) is 0.656. The van der Waals surface area contributed by atoms with Crippen LogP contribution in [0.1, 0.15) is 54.9 Å². The van der Waals surface area contributed by atoms with Gasteiger partial charge in [-0.25, -0.2) is 0 Å². The van der Waals surface area contributed by atoms with Gasteiger partial charge in [-0.1, -0.05) is 20.8 Å². The van der Waals surface area contributed by atoms with Gasteiger partial charge in [0.1, 0.15) is 0 Å². The molecule has 1 aliphatic rings. The molecule has 1 fully saturated rings. The van der Waals surface area contributed by atoms with Crippen LogP contribution in [0.15, 0.2) is 0 Å². The maximum atomic E-state index is 5.91. The number of hydrogen-bond acceptors (Lipinski definition) is 2. The van der Waals surface area contributed by atoms with E-state index in [0.29, 0.717) is 23.4 Å². The van der Waals surface area contributed by atoms with E-state index in [-0.39, 0.29) is 5.54 Å². The molecule has 0 bridgehead atoms. The van der Waals surface area contributed by atoms with Crippen molar-refractivity contribution < 1.29 is 0 Å². The van der Waals surface area contributed by atoms with Crippen LogP contribution in [0, 0.1) is 11.3 Å². The molecular weight excluding hydrogens is 196 g/mol. The van der Waals surface area contributed by atoms with Crippen molar-refractivity contribution in [1.29, 1.82) is 0 Å². The van der Waals surface area contributed by atoms with Crippen LogP contribution in [-0.2, 0) is 0 Å². The van der Waals surface area contributed by atoms with E-state index in [1.807, 2.05) is 0 Å². The molecule has 16 heavy (non-hydrogen) atoms. The zero-order valence-electron chi connectivity index (χ0n) is 12.2. The maximum absolute atomic E-state index is 5.91. The summed E-state index contributed by atoms with van der Waals surface area (Å²) in [4.78, 5) is 2.69. The van der Waals surface area contributed by atoms with Gasteiger partial charge in [-0.2, -0.15) is 0 Å². The Hall–Kier alpha value is -0.0800. The average Bonchev–Trinajstić information content (AvgIpc) is 2.40. The second-order valence-corrected chi connectivity index (χ2v) is 7.43. The summed E-state index contributed by atoms with van der Waals surface area (Å²) in [6.07, 6.45) is 1.25. The number of rotatable bonds is 1. The van der Waals surface area contributed by atoms with Crippen molar-refractivity contribution in [3.8, 4) is 0 Å². The second-order valence-electron chi connectivity index (χ2n) is 7.43. The lowest BCUT2D eigenvalue weighted by atomic mass is 9.82. The lowest BCUT2D eigenvalue weighted by Gasteiger charge is -2.45. The third-order valence-electron chi connectivity index (χ3n) is 4.06. The van der Waals surface area contributed by atoms with Crippen molar-refractivity contribution >= 4 is 0 Å². The van der Waals surface area contributed by atoms with E-state index >= 15 is 0 Å². The van der Waals surface area contributed by atoms with Gasteiger partial charge in [-0.05, 0) is 52.0 Å². The van der Waals surface area contributed by atoms with Crippen LogP contribution in [0.3, 0.4) is 0 Å². The minimum absolute atomic E-state index is 0.237. The zero-order valence-corrected chi connectivity index (χ0v) is 12.2. The quantitative estimate of drug-likeness (QED) is 0.745. The van der Waals surface area contributed by atoms with Crippen LogP contribution < -0.4 is 5.73 Å². The fourth-order valence-electron chi connectivity index (χ4n) is 3.25. The molecule has 2 heteroatoms. The van der Waals surface area contributed by atoms with E-state index < -0.39 is 0 Å². The normalized spacial score (nSPS) is 33.4. The average molecular weight is 226 g/mol. The summed E-state index contributed by atoms with van der Waals surface area (Å²) in [6.45, 7) is 17.2. The van der Waals surface area contributed by atoms with Crippen LogP contribution in [0.5, 0.6) is 0 Å². The van der Waals surface area contributed by atoms with E-state index in [9.17, 15) is 0 Å². The first-order chi connectivity index (χ1) is 7.09. The molecule has 1 aliphatic heterocycles. The Morgan fingerprint density at radius 3 is 1.88 bits per heavy atom. The van der Waals surface area contributed by atoms with Crippen molar-refractivity contribution in [2.24, 2.45) is 17.1 Å². The van der Waals surface area contributed by atoms with Crippen molar-refractivity contribution in [2.45, 2.75) is 72.5 Å². The molecule has 0 aromatic carbocycles. The van der Waals surface area contributed by atoms with Gasteiger partial charge < -0.3 is 5.73 Å². The van der Waals surface area contributed by atoms with E-state index in [2.05, 4.69) is 53.4 Å². The molecule has 96 valence electrons. The number of nitrogens with zero attached hydrogens (tertiary/aromatic N) is 1. The molecule has 1 rings (SSSR count). The molecular formula is C14H30N2. The molecule has 0 spiro atoms. The smallest absolute Gasteiger partial charge is 0.0156 e. The van der Waals surface area contributed by atoms with Gasteiger partial charge in [0.05, 0.1) is 0 Å². The molecule has 2 N–H and O–H groups in total. The summed E-state index contributed by atoms with van der Waals surface area (Å²) in [5.41, 5.74) is 6.48. The highest BCUT2D eigenvalue weighted by molar-refractivity contribution is 5.01. The van der Waals surface area contributed by atoms with Gasteiger partial charge in [0, 0.05) is 17.6 Å². The van der Waals surface area contributed by atoms with Crippen LogP contribution in [0.25, 0.3) is 0 Å². The first kappa shape index (κ1) is 14.0. The molecule has 3 atom stereocenters. The Bertz CT molecular complexity index is 234. The molecule has 2 nitrogen and oxygen atoms in total. The van der Waals surface area contributed by atoms with E-state index in [1.165, 1.54) is 6.42 Å². The number of hydrogen-bond donors (Lipinski definition) is 1. The van der Waals surface area contributed by atoms with Gasteiger partial charge in [0.25, 0.3) is 0 Å². The molecule has 0 saturated carbocycles. The molecule has 1 heterocycles. The van der Waals surface area contributed by atoms with Gasteiger partial charge in [-0.15, -0.1) is 0 Å². The van der Waals surface area contributed by atoms with Crippen LogP contribution in [-0.4, -0.2) is 29.1 Å². The summed E-state index contributed by atoms with van der Waals surface area (Å²) < 4.78 is 0. The van der Waals surface area contributed by atoms with Crippen LogP contribution in [0.4, 0.5) is 0 Å². The Morgan fingerprint density at radius 1 is 1.12 bits per heavy atom. The van der Waals surface area contributed by atoms with Crippen LogP contribution >= 0.6 is 0 Å². The largest absolute Gasteiger partial charge is 0.330 e. The summed E-state index contributed by atoms with van der Waals surface area (Å²) in [7, 11) is 0. The fraction of sp³-hybridized carbons (Fsp3) is 1.00. The third kappa shape index (κ3) is 2.60. The molecule has 0 radical (unpaired) electrons. The fourth-order valence-corrected chi connectivity index (χ4v) is 3.25. The van der Waals surface area contributed by atoms with Gasteiger partial charge in [0.15, 0.2) is 0 Å². The molecule has 0 amide bonds. The third-order valence-corrected chi connectivity index (χ3v) is 4.06. The number of likely N-dealkylation sites (tertiary alicyclic amines) is 1. The monoisotopic (exact) mass is 226 g/mol. The highest BCUT2D eigenvalue weighted by Crippen LogP contribution is 2.42. The second kappa shape index (κ2) is 4.30. The first-order valence-electron chi connectivity index (χ1n) is 6.57. The lowest BCUT2D eigenvalue weighted by molar-refractivity contribution is 0.0280. The highest BCUT2D eigenvalue weighted by atomic mass is 15.3. The van der Waals surface area contributed by atoms with Crippen molar-refractivity contribution in [1.82, 2.24) is 4.90 Å². The van der Waals surface area contributed by atoms with Crippen molar-refractivity contribution in [3.05, 3.63) is 0 Å². The summed E-state index contributed by atoms with van der Waals surface area (Å²) in [5, 5.41) is 0.